The number of ether oxygens (including phenoxy) is 2. The number of amides is 1. The van der Waals surface area contributed by atoms with E-state index in [-0.39, 0.29) is 18.4 Å². The molecule has 2 heterocycles. The number of nitrogens with zero attached hydrogens (tertiary/aromatic N) is 4. The van der Waals surface area contributed by atoms with Crippen LogP contribution in [0.2, 0.25) is 0 Å². The average molecular weight is 359 g/mol. The summed E-state index contributed by atoms with van der Waals surface area (Å²) in [5, 5.41) is 7.70. The Morgan fingerprint density at radius 3 is 2.46 bits per heavy atom. The van der Waals surface area contributed by atoms with Crippen LogP contribution in [-0.4, -0.2) is 52.9 Å². The zero-order valence-corrected chi connectivity index (χ0v) is 15.2. The van der Waals surface area contributed by atoms with Gasteiger partial charge in [-0.1, -0.05) is 6.07 Å². The van der Waals surface area contributed by atoms with Gasteiger partial charge in [-0.15, -0.1) is 10.2 Å². The first-order chi connectivity index (χ1) is 12.6. The number of carbonyl (C=O) groups excluding carboxylic acids is 1. The third-order valence-electron chi connectivity index (χ3n) is 4.91. The fourth-order valence-electron chi connectivity index (χ4n) is 3.33. The lowest BCUT2D eigenvalue weighted by Crippen LogP contribution is -2.40. The molecule has 2 N–H and O–H groups in total. The van der Waals surface area contributed by atoms with Crippen LogP contribution in [0.25, 0.3) is 0 Å². The van der Waals surface area contributed by atoms with Gasteiger partial charge in [0, 0.05) is 31.6 Å². The standard InChI is InChI=1S/C18H25N5O3/c1-25-16-4-3-13(9-17(16)26-2)15(19)10-18(24)22-7-5-14(6-8-22)23-11-20-21-12-23/h3-4,9,11-12,14-15H,5-8,10,19H2,1-2H3/t15-/m0/s1. The number of piperidine rings is 1. The van der Waals surface area contributed by atoms with E-state index in [0.29, 0.717) is 17.5 Å². The molecule has 1 aliphatic rings. The van der Waals surface area contributed by atoms with Gasteiger partial charge in [-0.25, -0.2) is 0 Å². The van der Waals surface area contributed by atoms with Crippen molar-refractivity contribution >= 4 is 5.91 Å². The lowest BCUT2D eigenvalue weighted by molar-refractivity contribution is -0.132. The maximum absolute atomic E-state index is 12.6. The SMILES string of the molecule is COc1ccc([C@@H](N)CC(=O)N2CCC(n3cnnc3)CC2)cc1OC. The molecule has 2 aromatic rings. The van der Waals surface area contributed by atoms with Gasteiger partial charge < -0.3 is 24.7 Å². The highest BCUT2D eigenvalue weighted by molar-refractivity contribution is 5.77. The van der Waals surface area contributed by atoms with Gasteiger partial charge in [-0.2, -0.15) is 0 Å². The van der Waals surface area contributed by atoms with E-state index in [2.05, 4.69) is 10.2 Å². The molecule has 1 amide bonds. The fraction of sp³-hybridized carbons (Fsp3) is 0.500. The van der Waals surface area contributed by atoms with E-state index >= 15 is 0 Å². The van der Waals surface area contributed by atoms with Gasteiger partial charge in [-0.05, 0) is 30.5 Å². The molecule has 0 spiro atoms. The number of aromatic nitrogens is 3. The molecule has 1 aromatic heterocycles. The predicted molar refractivity (Wildman–Crippen MR) is 96.0 cm³/mol. The summed E-state index contributed by atoms with van der Waals surface area (Å²) in [6, 6.07) is 5.49. The topological polar surface area (TPSA) is 95.5 Å². The van der Waals surface area contributed by atoms with Gasteiger partial charge in [0.05, 0.1) is 14.2 Å². The van der Waals surface area contributed by atoms with Crippen molar-refractivity contribution in [1.29, 1.82) is 0 Å². The van der Waals surface area contributed by atoms with Crippen LogP contribution < -0.4 is 15.2 Å². The predicted octanol–water partition coefficient (Wildman–Crippen LogP) is 1.55. The Labute approximate surface area is 152 Å². The van der Waals surface area contributed by atoms with Crippen LogP contribution in [-0.2, 0) is 4.79 Å². The number of rotatable bonds is 6. The number of carbonyl (C=O) groups is 1. The van der Waals surface area contributed by atoms with Crippen molar-refractivity contribution in [3.63, 3.8) is 0 Å². The molecule has 8 nitrogen and oxygen atoms in total. The Balaban J connectivity index is 1.56. The number of nitrogens with two attached hydrogens (primary N) is 1. The zero-order valence-electron chi connectivity index (χ0n) is 15.2. The smallest absolute Gasteiger partial charge is 0.224 e. The third kappa shape index (κ3) is 3.96. The Kier molecular flexibility index (Phi) is 5.72. The van der Waals surface area contributed by atoms with Crippen molar-refractivity contribution in [3.05, 3.63) is 36.4 Å². The van der Waals surface area contributed by atoms with Gasteiger partial charge in [0.15, 0.2) is 11.5 Å². The molecule has 1 aromatic carbocycles. The first kappa shape index (κ1) is 18.2. The van der Waals surface area contributed by atoms with Gasteiger partial charge in [0.1, 0.15) is 12.7 Å². The van der Waals surface area contributed by atoms with Crippen LogP contribution in [0.4, 0.5) is 0 Å². The van der Waals surface area contributed by atoms with Crippen molar-refractivity contribution in [3.8, 4) is 11.5 Å². The Morgan fingerprint density at radius 1 is 1.19 bits per heavy atom. The minimum absolute atomic E-state index is 0.0782. The molecular formula is C18H25N5O3. The number of likely N-dealkylation sites (tertiary alicyclic amines) is 1. The quantitative estimate of drug-likeness (QED) is 0.841. The first-order valence-corrected chi connectivity index (χ1v) is 8.71. The zero-order chi connectivity index (χ0) is 18.5. The highest BCUT2D eigenvalue weighted by Gasteiger charge is 2.25. The molecule has 1 saturated heterocycles. The Morgan fingerprint density at radius 2 is 1.85 bits per heavy atom. The van der Waals surface area contributed by atoms with Crippen LogP contribution in [0, 0.1) is 0 Å². The van der Waals surface area contributed by atoms with E-state index in [9.17, 15) is 4.79 Å². The lowest BCUT2D eigenvalue weighted by Gasteiger charge is -2.33. The number of hydrogen-bond acceptors (Lipinski definition) is 6. The van der Waals surface area contributed by atoms with Gasteiger partial charge in [-0.3, -0.25) is 4.79 Å². The third-order valence-corrected chi connectivity index (χ3v) is 4.91. The second-order valence-corrected chi connectivity index (χ2v) is 6.45. The summed E-state index contributed by atoms with van der Waals surface area (Å²) in [5.74, 6) is 1.34. The van der Waals surface area contributed by atoms with Crippen LogP contribution in [0.5, 0.6) is 11.5 Å². The van der Waals surface area contributed by atoms with Crippen molar-refractivity contribution in [2.45, 2.75) is 31.3 Å². The van der Waals surface area contributed by atoms with Crippen molar-refractivity contribution in [1.82, 2.24) is 19.7 Å². The minimum atomic E-state index is -0.377. The molecule has 0 bridgehead atoms. The minimum Gasteiger partial charge on any atom is -0.493 e. The summed E-state index contributed by atoms with van der Waals surface area (Å²) in [7, 11) is 3.17. The number of benzene rings is 1. The highest BCUT2D eigenvalue weighted by Crippen LogP contribution is 2.30. The molecule has 1 atom stereocenters. The summed E-state index contributed by atoms with van der Waals surface area (Å²) >= 11 is 0. The molecule has 26 heavy (non-hydrogen) atoms. The van der Waals surface area contributed by atoms with Crippen LogP contribution in [0.15, 0.2) is 30.9 Å². The molecule has 8 heteroatoms. The second-order valence-electron chi connectivity index (χ2n) is 6.45. The van der Waals surface area contributed by atoms with Crippen LogP contribution >= 0.6 is 0 Å². The molecule has 0 unspecified atom stereocenters. The first-order valence-electron chi connectivity index (χ1n) is 8.71. The van der Waals surface area contributed by atoms with Crippen molar-refractivity contribution in [2.75, 3.05) is 27.3 Å². The molecule has 0 aliphatic carbocycles. The summed E-state index contributed by atoms with van der Waals surface area (Å²) < 4.78 is 12.6. The second kappa shape index (κ2) is 8.18. The summed E-state index contributed by atoms with van der Waals surface area (Å²) in [6.07, 6.45) is 5.53. The fourth-order valence-corrected chi connectivity index (χ4v) is 3.33. The number of methoxy groups -OCH3 is 2. The van der Waals surface area contributed by atoms with E-state index in [0.717, 1.165) is 31.5 Å². The Hall–Kier alpha value is -2.61. The largest absolute Gasteiger partial charge is 0.493 e. The molecule has 140 valence electrons. The van der Waals surface area contributed by atoms with E-state index in [1.54, 1.807) is 26.9 Å². The lowest BCUT2D eigenvalue weighted by atomic mass is 10.0. The molecule has 1 fully saturated rings. The maximum Gasteiger partial charge on any atom is 0.224 e. The van der Waals surface area contributed by atoms with E-state index in [1.165, 1.54) is 0 Å². The normalized spacial score (nSPS) is 16.3. The van der Waals surface area contributed by atoms with Gasteiger partial charge in [0.2, 0.25) is 5.91 Å². The van der Waals surface area contributed by atoms with E-state index in [1.807, 2.05) is 27.7 Å². The average Bonchev–Trinajstić information content (AvgIpc) is 3.22. The number of hydrogen-bond donors (Lipinski definition) is 1. The summed E-state index contributed by atoms with van der Waals surface area (Å²) in [6.45, 7) is 1.45. The summed E-state index contributed by atoms with van der Waals surface area (Å²) in [5.41, 5.74) is 7.11. The molecule has 0 radical (unpaired) electrons. The van der Waals surface area contributed by atoms with Crippen molar-refractivity contribution in [2.24, 2.45) is 5.73 Å². The highest BCUT2D eigenvalue weighted by atomic mass is 16.5. The van der Waals surface area contributed by atoms with Crippen LogP contribution in [0.3, 0.4) is 0 Å². The van der Waals surface area contributed by atoms with E-state index in [4.69, 9.17) is 15.2 Å². The van der Waals surface area contributed by atoms with E-state index < -0.39 is 0 Å². The monoisotopic (exact) mass is 359 g/mol. The van der Waals surface area contributed by atoms with Crippen molar-refractivity contribution < 1.29 is 14.3 Å². The van der Waals surface area contributed by atoms with Crippen LogP contribution in [0.1, 0.15) is 36.9 Å². The Bertz CT molecular complexity index is 726. The van der Waals surface area contributed by atoms with Gasteiger partial charge >= 0.3 is 0 Å². The van der Waals surface area contributed by atoms with Gasteiger partial charge in [0.25, 0.3) is 0 Å². The molecule has 1 aliphatic heterocycles. The molecule has 0 saturated carbocycles. The molecular weight excluding hydrogens is 334 g/mol. The maximum atomic E-state index is 12.6. The molecule has 3 rings (SSSR count). The summed E-state index contributed by atoms with van der Waals surface area (Å²) in [4.78, 5) is 14.5.